The Labute approximate surface area is 193 Å². The van der Waals surface area contributed by atoms with Gasteiger partial charge in [0.15, 0.2) is 0 Å². The van der Waals surface area contributed by atoms with Gasteiger partial charge in [-0.2, -0.15) is 0 Å². The Morgan fingerprint density at radius 3 is 2.24 bits per heavy atom. The number of aliphatic hydroxyl groups excluding tert-OH is 1. The molecule has 6 heteroatoms. The monoisotopic (exact) mass is 445 g/mol. The Morgan fingerprint density at radius 1 is 1.00 bits per heavy atom. The number of amides is 1. The summed E-state index contributed by atoms with van der Waals surface area (Å²) in [5.41, 5.74) is 2.92. The quantitative estimate of drug-likeness (QED) is 0.303. The number of rotatable bonds is 6. The maximum absolute atomic E-state index is 13.2. The second-order valence-corrected chi connectivity index (χ2v) is 8.34. The van der Waals surface area contributed by atoms with Crippen molar-refractivity contribution in [3.05, 3.63) is 88.4 Å². The highest BCUT2D eigenvalue weighted by Gasteiger charge is 2.48. The fraction of sp³-hybridized carbons (Fsp3) is 0.259. The number of aliphatic hydroxyl groups is 1. The average Bonchev–Trinajstić information content (AvgIpc) is 3.32. The predicted molar refractivity (Wildman–Crippen MR) is 126 cm³/mol. The molecule has 33 heavy (non-hydrogen) atoms. The van der Waals surface area contributed by atoms with E-state index in [2.05, 4.69) is 0 Å². The lowest BCUT2D eigenvalue weighted by Crippen LogP contribution is -2.29. The minimum absolute atomic E-state index is 0.00395. The van der Waals surface area contributed by atoms with Crippen molar-refractivity contribution in [2.24, 2.45) is 0 Å². The summed E-state index contributed by atoms with van der Waals surface area (Å²) in [6.07, 6.45) is 0.881. The van der Waals surface area contributed by atoms with Crippen molar-refractivity contribution in [1.29, 1.82) is 0 Å². The van der Waals surface area contributed by atoms with E-state index in [1.807, 2.05) is 39.0 Å². The van der Waals surface area contributed by atoms with E-state index in [-0.39, 0.29) is 11.3 Å². The molecule has 6 nitrogen and oxygen atoms in total. The molecule has 0 saturated carbocycles. The fourth-order valence-electron chi connectivity index (χ4n) is 4.14. The number of carbonyl (C=O) groups is 2. The Morgan fingerprint density at radius 2 is 1.67 bits per heavy atom. The molecule has 2 heterocycles. The topological polar surface area (TPSA) is 80.0 Å². The number of nitrogens with zero attached hydrogens (tertiary/aromatic N) is 1. The Bertz CT molecular complexity index is 1220. The third kappa shape index (κ3) is 4.29. The second kappa shape index (κ2) is 8.98. The first-order valence-corrected chi connectivity index (χ1v) is 11.0. The first kappa shape index (κ1) is 22.4. The van der Waals surface area contributed by atoms with Gasteiger partial charge in [0, 0.05) is 11.3 Å². The molecule has 0 radical (unpaired) electrons. The molecule has 1 amide bonds. The molecule has 1 aliphatic rings. The van der Waals surface area contributed by atoms with Crippen LogP contribution in [0.3, 0.4) is 0 Å². The molecule has 2 aromatic carbocycles. The molecule has 1 N–H and O–H groups in total. The summed E-state index contributed by atoms with van der Waals surface area (Å²) in [6.45, 7) is 8.26. The number of anilines is 1. The van der Waals surface area contributed by atoms with Crippen molar-refractivity contribution in [1.82, 2.24) is 0 Å². The van der Waals surface area contributed by atoms with Gasteiger partial charge >= 0.3 is 0 Å². The maximum atomic E-state index is 13.2. The predicted octanol–water partition coefficient (Wildman–Crippen LogP) is 5.62. The SMILES string of the molecule is CCCOc1ccc(/C(O)=C2/C(=O)C(=O)N(c3cc(C)cc(C)c3)C2c2ccc(C)o2)cc1. The summed E-state index contributed by atoms with van der Waals surface area (Å²) < 4.78 is 11.4. The van der Waals surface area contributed by atoms with Crippen LogP contribution in [-0.4, -0.2) is 23.4 Å². The molecule has 170 valence electrons. The summed E-state index contributed by atoms with van der Waals surface area (Å²) in [5.74, 6) is 0.0212. The summed E-state index contributed by atoms with van der Waals surface area (Å²) in [4.78, 5) is 27.8. The molecule has 1 fully saturated rings. The Hall–Kier alpha value is -3.80. The van der Waals surface area contributed by atoms with E-state index in [1.165, 1.54) is 4.90 Å². The van der Waals surface area contributed by atoms with Gasteiger partial charge in [0.1, 0.15) is 29.1 Å². The maximum Gasteiger partial charge on any atom is 0.300 e. The van der Waals surface area contributed by atoms with Crippen molar-refractivity contribution in [2.45, 2.75) is 40.2 Å². The minimum Gasteiger partial charge on any atom is -0.507 e. The van der Waals surface area contributed by atoms with E-state index in [1.54, 1.807) is 43.3 Å². The fourth-order valence-corrected chi connectivity index (χ4v) is 4.14. The molecule has 0 spiro atoms. The van der Waals surface area contributed by atoms with Crippen molar-refractivity contribution in [3.8, 4) is 5.75 Å². The van der Waals surface area contributed by atoms with Crippen LogP contribution in [0.4, 0.5) is 5.69 Å². The number of carbonyl (C=O) groups excluding carboxylic acids is 2. The molecule has 0 aliphatic carbocycles. The van der Waals surface area contributed by atoms with E-state index in [0.29, 0.717) is 35.1 Å². The average molecular weight is 446 g/mol. The van der Waals surface area contributed by atoms with Crippen molar-refractivity contribution >= 4 is 23.1 Å². The molecule has 1 aliphatic heterocycles. The normalized spacial score (nSPS) is 17.6. The van der Waals surface area contributed by atoms with Gasteiger partial charge in [0.25, 0.3) is 11.7 Å². The summed E-state index contributed by atoms with van der Waals surface area (Å²) >= 11 is 0. The van der Waals surface area contributed by atoms with Gasteiger partial charge in [-0.05, 0) is 86.8 Å². The highest BCUT2D eigenvalue weighted by Crippen LogP contribution is 2.43. The molecule has 0 bridgehead atoms. The zero-order chi connectivity index (χ0) is 23.7. The molecular weight excluding hydrogens is 418 g/mol. The first-order valence-electron chi connectivity index (χ1n) is 11.0. The summed E-state index contributed by atoms with van der Waals surface area (Å²) in [7, 11) is 0. The zero-order valence-corrected chi connectivity index (χ0v) is 19.2. The number of benzene rings is 2. The molecule has 1 unspecified atom stereocenters. The van der Waals surface area contributed by atoms with Crippen LogP contribution < -0.4 is 9.64 Å². The molecular formula is C27H27NO5. The molecule has 3 aromatic rings. The van der Waals surface area contributed by atoms with Gasteiger partial charge in [-0.15, -0.1) is 0 Å². The third-order valence-electron chi connectivity index (χ3n) is 5.56. The van der Waals surface area contributed by atoms with Gasteiger partial charge in [0.2, 0.25) is 0 Å². The molecule has 1 aromatic heterocycles. The zero-order valence-electron chi connectivity index (χ0n) is 19.2. The van der Waals surface area contributed by atoms with Crippen LogP contribution in [0.15, 0.2) is 64.6 Å². The van der Waals surface area contributed by atoms with E-state index >= 15 is 0 Å². The number of ether oxygens (including phenoxy) is 1. The van der Waals surface area contributed by atoms with Crippen LogP contribution in [0.1, 0.15) is 47.6 Å². The molecule has 1 atom stereocenters. The lowest BCUT2D eigenvalue weighted by molar-refractivity contribution is -0.132. The van der Waals surface area contributed by atoms with E-state index in [9.17, 15) is 14.7 Å². The highest BCUT2D eigenvalue weighted by atomic mass is 16.5. The van der Waals surface area contributed by atoms with Gasteiger partial charge in [-0.3, -0.25) is 14.5 Å². The molecule has 4 rings (SSSR count). The standard InChI is InChI=1S/C27H27NO5/c1-5-12-32-21-9-7-19(8-10-21)25(29)23-24(22-11-6-18(4)33-22)28(27(31)26(23)30)20-14-16(2)13-17(3)15-20/h6-11,13-15,24,29H,5,12H2,1-4H3/b25-23-. The van der Waals surface area contributed by atoms with Crippen molar-refractivity contribution in [3.63, 3.8) is 0 Å². The van der Waals surface area contributed by atoms with E-state index < -0.39 is 17.7 Å². The number of furan rings is 1. The van der Waals surface area contributed by atoms with Gasteiger partial charge in [0.05, 0.1) is 12.2 Å². The Balaban J connectivity index is 1.85. The largest absolute Gasteiger partial charge is 0.507 e. The van der Waals surface area contributed by atoms with Crippen LogP contribution in [-0.2, 0) is 9.59 Å². The first-order chi connectivity index (χ1) is 15.8. The smallest absolute Gasteiger partial charge is 0.300 e. The van der Waals surface area contributed by atoms with E-state index in [4.69, 9.17) is 9.15 Å². The highest BCUT2D eigenvalue weighted by molar-refractivity contribution is 6.51. The van der Waals surface area contributed by atoms with Gasteiger partial charge < -0.3 is 14.3 Å². The van der Waals surface area contributed by atoms with Crippen LogP contribution in [0.25, 0.3) is 5.76 Å². The van der Waals surface area contributed by atoms with E-state index in [0.717, 1.165) is 17.5 Å². The van der Waals surface area contributed by atoms with Crippen molar-refractivity contribution < 1.29 is 23.8 Å². The number of Topliss-reactive ketones (excluding diaryl/α,β-unsaturated/α-hetero) is 1. The van der Waals surface area contributed by atoms with Crippen LogP contribution in [0.5, 0.6) is 5.75 Å². The number of hydrogen-bond donors (Lipinski definition) is 1. The van der Waals surface area contributed by atoms with Crippen LogP contribution >= 0.6 is 0 Å². The van der Waals surface area contributed by atoms with Crippen molar-refractivity contribution in [2.75, 3.05) is 11.5 Å². The third-order valence-corrected chi connectivity index (χ3v) is 5.56. The van der Waals surface area contributed by atoms with Crippen LogP contribution in [0, 0.1) is 20.8 Å². The lowest BCUT2D eigenvalue weighted by atomic mass is 9.99. The summed E-state index contributed by atoms with van der Waals surface area (Å²) in [5, 5.41) is 11.2. The minimum atomic E-state index is -0.879. The second-order valence-electron chi connectivity index (χ2n) is 8.34. The number of ketones is 1. The van der Waals surface area contributed by atoms with Crippen LogP contribution in [0.2, 0.25) is 0 Å². The lowest BCUT2D eigenvalue weighted by Gasteiger charge is -2.24. The number of aryl methyl sites for hydroxylation is 3. The van der Waals surface area contributed by atoms with Gasteiger partial charge in [-0.1, -0.05) is 13.0 Å². The number of hydrogen-bond acceptors (Lipinski definition) is 5. The summed E-state index contributed by atoms with van der Waals surface area (Å²) in [6, 6.07) is 15.1. The Kier molecular flexibility index (Phi) is 6.09. The molecule has 1 saturated heterocycles. The van der Waals surface area contributed by atoms with Gasteiger partial charge in [-0.25, -0.2) is 0 Å².